The van der Waals surface area contributed by atoms with Crippen LogP contribution in [0.4, 0.5) is 4.79 Å². The largest absolute Gasteiger partial charge is 0.443 e. The Balaban J connectivity index is 2.64. The first-order chi connectivity index (χ1) is 12.4. The van der Waals surface area contributed by atoms with E-state index in [1.165, 1.54) is 0 Å². The summed E-state index contributed by atoms with van der Waals surface area (Å²) in [6, 6.07) is 10.2. The molecule has 1 heterocycles. The molecule has 5 heteroatoms. The van der Waals surface area contributed by atoms with E-state index in [-0.39, 0.29) is 6.09 Å². The Hall–Kier alpha value is -1.20. The number of ether oxygens (including phenoxy) is 1. The van der Waals surface area contributed by atoms with E-state index < -0.39 is 12.8 Å². The van der Waals surface area contributed by atoms with E-state index in [1.54, 1.807) is 4.57 Å². The van der Waals surface area contributed by atoms with E-state index in [0.29, 0.717) is 16.6 Å². The summed E-state index contributed by atoms with van der Waals surface area (Å²) in [6.45, 7) is 19.8. The van der Waals surface area contributed by atoms with Crippen molar-refractivity contribution in [2.24, 2.45) is 0 Å². The molecule has 0 bridgehead atoms. The SMILES string of the molecule is CC(C)[Si](Sc1cc2ccccc2n1C(=O)OC(C)(C)C)(C(C)C)C(C)C. The fraction of sp³-hybridized carbons (Fsp3) is 0.591. The summed E-state index contributed by atoms with van der Waals surface area (Å²) in [7, 11) is -1.78. The average molecular weight is 406 g/mol. The van der Waals surface area contributed by atoms with Crippen LogP contribution in [0.1, 0.15) is 62.3 Å². The van der Waals surface area contributed by atoms with Crippen molar-refractivity contribution in [1.29, 1.82) is 0 Å². The Labute approximate surface area is 169 Å². The number of carbonyl (C=O) groups excluding carboxylic acids is 1. The highest BCUT2D eigenvalue weighted by Crippen LogP contribution is 2.52. The minimum Gasteiger partial charge on any atom is -0.443 e. The lowest BCUT2D eigenvalue weighted by Crippen LogP contribution is -2.41. The highest BCUT2D eigenvalue weighted by Gasteiger charge is 2.45. The first-order valence-electron chi connectivity index (χ1n) is 9.93. The molecule has 3 nitrogen and oxygen atoms in total. The number of para-hydroxylation sites is 1. The second kappa shape index (κ2) is 8.04. The molecule has 150 valence electrons. The topological polar surface area (TPSA) is 31.2 Å². The van der Waals surface area contributed by atoms with Gasteiger partial charge in [-0.15, -0.1) is 11.2 Å². The van der Waals surface area contributed by atoms with Gasteiger partial charge in [0.05, 0.1) is 10.5 Å². The summed E-state index contributed by atoms with van der Waals surface area (Å²) >= 11 is 1.97. The van der Waals surface area contributed by atoms with Gasteiger partial charge in [-0.25, -0.2) is 9.36 Å². The van der Waals surface area contributed by atoms with Gasteiger partial charge in [0.1, 0.15) is 12.8 Å². The van der Waals surface area contributed by atoms with E-state index in [4.69, 9.17) is 4.74 Å². The Morgan fingerprint density at radius 2 is 1.52 bits per heavy atom. The van der Waals surface area contributed by atoms with Gasteiger partial charge in [0.2, 0.25) is 0 Å². The lowest BCUT2D eigenvalue weighted by Gasteiger charge is -2.42. The standard InChI is InChI=1S/C22H35NO2SSi/c1-15(2)27(16(3)4,17(5)6)26-20-14-18-12-10-11-13-19(18)23(20)21(24)25-22(7,8)9/h10-17H,1-9H3. The molecule has 1 aromatic carbocycles. The van der Waals surface area contributed by atoms with Gasteiger partial charge in [-0.3, -0.25) is 0 Å². The molecule has 0 saturated carbocycles. The molecule has 0 aliphatic carbocycles. The lowest BCUT2D eigenvalue weighted by molar-refractivity contribution is 0.0532. The highest BCUT2D eigenvalue weighted by atomic mass is 32.4. The summed E-state index contributed by atoms with van der Waals surface area (Å²) in [5.41, 5.74) is 2.22. The summed E-state index contributed by atoms with van der Waals surface area (Å²) in [5.74, 6) is 0. The van der Waals surface area contributed by atoms with Crippen LogP contribution in [0.5, 0.6) is 0 Å². The Kier molecular flexibility index (Phi) is 6.58. The van der Waals surface area contributed by atoms with Crippen LogP contribution in [0, 0.1) is 0 Å². The number of benzene rings is 1. The zero-order valence-corrected chi connectivity index (χ0v) is 20.1. The Bertz CT molecular complexity index is 780. The lowest BCUT2D eigenvalue weighted by atomic mass is 10.2. The maximum atomic E-state index is 13.1. The molecule has 0 amide bonds. The third-order valence-electron chi connectivity index (χ3n) is 5.24. The number of nitrogens with zero attached hydrogens (tertiary/aromatic N) is 1. The van der Waals surface area contributed by atoms with Crippen LogP contribution in [0.25, 0.3) is 10.9 Å². The minimum absolute atomic E-state index is 0.287. The van der Waals surface area contributed by atoms with Crippen LogP contribution in [-0.4, -0.2) is 23.5 Å². The molecule has 0 saturated heterocycles. The summed E-state index contributed by atoms with van der Waals surface area (Å²) in [4.78, 5) is 13.1. The Morgan fingerprint density at radius 3 is 2.00 bits per heavy atom. The molecule has 0 aliphatic heterocycles. The van der Waals surface area contributed by atoms with E-state index in [1.807, 2.05) is 50.2 Å². The third kappa shape index (κ3) is 4.45. The fourth-order valence-electron chi connectivity index (χ4n) is 4.24. The van der Waals surface area contributed by atoms with Crippen molar-refractivity contribution in [3.8, 4) is 0 Å². The molecule has 0 aliphatic rings. The first kappa shape index (κ1) is 22.1. The third-order valence-corrected chi connectivity index (χ3v) is 17.4. The highest BCUT2D eigenvalue weighted by molar-refractivity contribution is 8.29. The summed E-state index contributed by atoms with van der Waals surface area (Å²) in [5, 5.41) is 2.11. The molecular formula is C22H35NO2SSi. The molecule has 0 fully saturated rings. The molecule has 0 spiro atoms. The van der Waals surface area contributed by atoms with E-state index in [9.17, 15) is 4.79 Å². The molecular weight excluding hydrogens is 370 g/mol. The number of hydrogen-bond acceptors (Lipinski definition) is 3. The normalized spacial score (nSPS) is 13.2. The van der Waals surface area contributed by atoms with Gasteiger partial charge in [-0.05, 0) is 49.5 Å². The van der Waals surface area contributed by atoms with Crippen LogP contribution < -0.4 is 0 Å². The second-order valence-electron chi connectivity index (χ2n) is 9.28. The maximum Gasteiger partial charge on any atom is 0.419 e. The van der Waals surface area contributed by atoms with Crippen molar-refractivity contribution in [3.63, 3.8) is 0 Å². The van der Waals surface area contributed by atoms with Crippen molar-refractivity contribution in [1.82, 2.24) is 4.57 Å². The number of rotatable bonds is 5. The zero-order valence-electron chi connectivity index (χ0n) is 18.3. The van der Waals surface area contributed by atoms with Gasteiger partial charge in [0.25, 0.3) is 0 Å². The van der Waals surface area contributed by atoms with Crippen molar-refractivity contribution < 1.29 is 9.53 Å². The predicted molar refractivity (Wildman–Crippen MR) is 120 cm³/mol. The molecule has 0 unspecified atom stereocenters. The summed E-state index contributed by atoms with van der Waals surface area (Å²) in [6.07, 6.45) is -0.287. The van der Waals surface area contributed by atoms with Crippen molar-refractivity contribution in [3.05, 3.63) is 30.3 Å². The molecule has 0 atom stereocenters. The molecule has 0 radical (unpaired) electrons. The maximum absolute atomic E-state index is 13.1. The first-order valence-corrected chi connectivity index (χ1v) is 13.7. The van der Waals surface area contributed by atoms with Crippen molar-refractivity contribution in [2.45, 2.75) is 89.6 Å². The van der Waals surface area contributed by atoms with E-state index >= 15 is 0 Å². The quantitative estimate of drug-likeness (QED) is 0.478. The van der Waals surface area contributed by atoms with Gasteiger partial charge < -0.3 is 4.74 Å². The predicted octanol–water partition coefficient (Wildman–Crippen LogP) is 7.69. The molecule has 2 rings (SSSR count). The second-order valence-corrected chi connectivity index (χ2v) is 17.8. The average Bonchev–Trinajstić information content (AvgIpc) is 2.87. The summed E-state index contributed by atoms with van der Waals surface area (Å²) < 4.78 is 7.54. The minimum atomic E-state index is -1.78. The number of fused-ring (bicyclic) bond motifs is 1. The zero-order chi connectivity index (χ0) is 20.6. The number of aromatic nitrogens is 1. The van der Waals surface area contributed by atoms with E-state index in [0.717, 1.165) is 15.9 Å². The molecule has 1 aromatic heterocycles. The van der Waals surface area contributed by atoms with Gasteiger partial charge in [0, 0.05) is 5.39 Å². The van der Waals surface area contributed by atoms with E-state index in [2.05, 4.69) is 53.7 Å². The Morgan fingerprint density at radius 1 is 1.00 bits per heavy atom. The monoisotopic (exact) mass is 405 g/mol. The van der Waals surface area contributed by atoms with Gasteiger partial charge in [-0.1, -0.05) is 59.7 Å². The van der Waals surface area contributed by atoms with Gasteiger partial charge in [0.15, 0.2) is 0 Å². The van der Waals surface area contributed by atoms with Crippen molar-refractivity contribution >= 4 is 35.4 Å². The van der Waals surface area contributed by atoms with Crippen LogP contribution in [0.3, 0.4) is 0 Å². The van der Waals surface area contributed by atoms with Crippen LogP contribution in [-0.2, 0) is 4.74 Å². The van der Waals surface area contributed by atoms with Crippen LogP contribution in [0.2, 0.25) is 16.6 Å². The number of hydrogen-bond donors (Lipinski definition) is 0. The smallest absolute Gasteiger partial charge is 0.419 e. The molecule has 27 heavy (non-hydrogen) atoms. The van der Waals surface area contributed by atoms with Gasteiger partial charge >= 0.3 is 6.09 Å². The van der Waals surface area contributed by atoms with Crippen molar-refractivity contribution in [2.75, 3.05) is 0 Å². The molecule has 2 aromatic rings. The number of carbonyl (C=O) groups is 1. The van der Waals surface area contributed by atoms with Crippen LogP contribution in [0.15, 0.2) is 35.4 Å². The molecule has 0 N–H and O–H groups in total. The fourth-order valence-corrected chi connectivity index (χ4v) is 13.4. The van der Waals surface area contributed by atoms with Crippen LogP contribution >= 0.6 is 11.2 Å². The van der Waals surface area contributed by atoms with Gasteiger partial charge in [-0.2, -0.15) is 0 Å².